The molecule has 1 amide bonds. The van der Waals surface area contributed by atoms with E-state index in [0.717, 1.165) is 44.2 Å². The predicted molar refractivity (Wildman–Crippen MR) is 112 cm³/mol. The van der Waals surface area contributed by atoms with E-state index in [2.05, 4.69) is 10.6 Å². The molecule has 0 saturated heterocycles. The third kappa shape index (κ3) is 4.42. The van der Waals surface area contributed by atoms with E-state index in [4.69, 9.17) is 4.42 Å². The zero-order valence-corrected chi connectivity index (χ0v) is 16.6. The lowest BCUT2D eigenvalue weighted by atomic mass is 9.95. The van der Waals surface area contributed by atoms with Gasteiger partial charge >= 0.3 is 11.8 Å². The highest BCUT2D eigenvalue weighted by molar-refractivity contribution is 6.09. The van der Waals surface area contributed by atoms with Crippen molar-refractivity contribution in [1.29, 1.82) is 0 Å². The van der Waals surface area contributed by atoms with Crippen LogP contribution in [-0.4, -0.2) is 11.9 Å². The van der Waals surface area contributed by atoms with Crippen molar-refractivity contribution >= 4 is 28.3 Å². The zero-order chi connectivity index (χ0) is 22.0. The van der Waals surface area contributed by atoms with Gasteiger partial charge in [-0.05, 0) is 37.1 Å². The van der Waals surface area contributed by atoms with Crippen LogP contribution in [0.2, 0.25) is 0 Å². The fourth-order valence-electron chi connectivity index (χ4n) is 3.97. The van der Waals surface area contributed by atoms with Crippen LogP contribution in [0.1, 0.15) is 48.0 Å². The monoisotopic (exact) mass is 430 g/mol. The second-order valence-corrected chi connectivity index (χ2v) is 7.61. The smallest absolute Gasteiger partial charge is 0.417 e. The van der Waals surface area contributed by atoms with Gasteiger partial charge in [-0.25, -0.2) is 4.79 Å². The topological polar surface area (TPSA) is 71.3 Å². The van der Waals surface area contributed by atoms with Gasteiger partial charge in [-0.2, -0.15) is 13.2 Å². The first-order valence-corrected chi connectivity index (χ1v) is 10.1. The summed E-state index contributed by atoms with van der Waals surface area (Å²) in [6, 6.07) is 11.4. The quantitative estimate of drug-likeness (QED) is 0.513. The molecule has 3 aromatic rings. The number of carbonyl (C=O) groups excluding carboxylic acids is 1. The Morgan fingerprint density at radius 3 is 2.35 bits per heavy atom. The molecule has 162 valence electrons. The summed E-state index contributed by atoms with van der Waals surface area (Å²) in [5.74, 6) is -1.03. The number of halogens is 3. The number of carbonyl (C=O) groups is 1. The van der Waals surface area contributed by atoms with E-state index < -0.39 is 28.8 Å². The summed E-state index contributed by atoms with van der Waals surface area (Å²) in [6.07, 6.45) is 0.311. The minimum atomic E-state index is -4.70. The number of anilines is 2. The van der Waals surface area contributed by atoms with Crippen LogP contribution in [0.15, 0.2) is 57.7 Å². The van der Waals surface area contributed by atoms with Crippen molar-refractivity contribution < 1.29 is 22.4 Å². The molecule has 1 aromatic heterocycles. The summed E-state index contributed by atoms with van der Waals surface area (Å²) >= 11 is 0. The number of hydrogen-bond acceptors (Lipinski definition) is 4. The predicted octanol–water partition coefficient (Wildman–Crippen LogP) is 5.81. The molecule has 5 nitrogen and oxygen atoms in total. The van der Waals surface area contributed by atoms with Crippen LogP contribution in [0.5, 0.6) is 0 Å². The van der Waals surface area contributed by atoms with Gasteiger partial charge in [0.15, 0.2) is 5.69 Å². The van der Waals surface area contributed by atoms with E-state index in [1.165, 1.54) is 12.1 Å². The van der Waals surface area contributed by atoms with Crippen molar-refractivity contribution in [3.8, 4) is 0 Å². The maximum atomic E-state index is 13.4. The molecule has 31 heavy (non-hydrogen) atoms. The lowest BCUT2D eigenvalue weighted by Gasteiger charge is -2.25. The lowest BCUT2D eigenvalue weighted by molar-refractivity contribution is -0.137. The van der Waals surface area contributed by atoms with E-state index in [-0.39, 0.29) is 11.7 Å². The molecule has 0 spiro atoms. The molecule has 8 heteroatoms. The summed E-state index contributed by atoms with van der Waals surface area (Å²) in [7, 11) is 0. The molecule has 0 bridgehead atoms. The Hall–Kier alpha value is -3.29. The molecule has 1 saturated carbocycles. The van der Waals surface area contributed by atoms with Crippen LogP contribution in [-0.2, 0) is 6.18 Å². The highest BCUT2D eigenvalue weighted by Gasteiger charge is 2.35. The number of nitrogens with one attached hydrogen (secondary N) is 2. The van der Waals surface area contributed by atoms with Crippen molar-refractivity contribution in [2.24, 2.45) is 0 Å². The van der Waals surface area contributed by atoms with Gasteiger partial charge in [-0.1, -0.05) is 43.5 Å². The SMILES string of the molecule is O=C(Nc1c(NC2CCCCC2)c2ccccc2oc1=O)c1ccccc1C(F)(F)F. The number of rotatable bonds is 4. The zero-order valence-electron chi connectivity index (χ0n) is 16.6. The van der Waals surface area contributed by atoms with Crippen LogP contribution < -0.4 is 16.3 Å². The van der Waals surface area contributed by atoms with Gasteiger partial charge in [-0.3, -0.25) is 4.79 Å². The van der Waals surface area contributed by atoms with Crippen LogP contribution in [0.25, 0.3) is 11.0 Å². The van der Waals surface area contributed by atoms with Crippen molar-refractivity contribution in [2.45, 2.75) is 44.3 Å². The molecule has 2 aromatic carbocycles. The molecule has 1 aliphatic carbocycles. The number of alkyl halides is 3. The normalized spacial score (nSPS) is 15.1. The molecular weight excluding hydrogens is 409 g/mol. The number of benzene rings is 2. The average Bonchev–Trinajstić information content (AvgIpc) is 2.76. The number of amides is 1. The van der Waals surface area contributed by atoms with Crippen LogP contribution >= 0.6 is 0 Å². The van der Waals surface area contributed by atoms with Gasteiger partial charge in [0.2, 0.25) is 0 Å². The Morgan fingerprint density at radius 1 is 0.935 bits per heavy atom. The Labute approximate surface area is 176 Å². The number of hydrogen-bond donors (Lipinski definition) is 2. The molecule has 1 heterocycles. The van der Waals surface area contributed by atoms with E-state index in [1.807, 2.05) is 0 Å². The van der Waals surface area contributed by atoms with Crippen LogP contribution in [0.3, 0.4) is 0 Å². The molecule has 0 radical (unpaired) electrons. The summed E-state index contributed by atoms with van der Waals surface area (Å²) in [5.41, 5.74) is -1.94. The first-order valence-electron chi connectivity index (χ1n) is 10.1. The minimum Gasteiger partial charge on any atom is -0.421 e. The van der Waals surface area contributed by atoms with Gasteiger partial charge in [0, 0.05) is 11.4 Å². The highest BCUT2D eigenvalue weighted by Crippen LogP contribution is 2.34. The van der Waals surface area contributed by atoms with E-state index in [0.29, 0.717) is 16.7 Å². The number of para-hydroxylation sites is 1. The van der Waals surface area contributed by atoms with Crippen LogP contribution in [0.4, 0.5) is 24.5 Å². The highest BCUT2D eigenvalue weighted by atomic mass is 19.4. The minimum absolute atomic E-state index is 0.0945. The molecule has 0 atom stereocenters. The summed E-state index contributed by atoms with van der Waals surface area (Å²) in [4.78, 5) is 25.5. The first-order chi connectivity index (χ1) is 14.8. The summed E-state index contributed by atoms with van der Waals surface area (Å²) in [5, 5.41) is 6.30. The third-order valence-electron chi connectivity index (χ3n) is 5.48. The fourth-order valence-corrected chi connectivity index (χ4v) is 3.97. The molecule has 4 rings (SSSR count). The van der Waals surface area contributed by atoms with Gasteiger partial charge < -0.3 is 15.1 Å². The van der Waals surface area contributed by atoms with Crippen LogP contribution in [0, 0.1) is 0 Å². The molecule has 0 unspecified atom stereocenters. The lowest BCUT2D eigenvalue weighted by Crippen LogP contribution is -2.27. The van der Waals surface area contributed by atoms with Crippen molar-refractivity contribution in [2.75, 3.05) is 10.6 Å². The number of fused-ring (bicyclic) bond motifs is 1. The molecule has 1 fully saturated rings. The second kappa shape index (κ2) is 8.45. The van der Waals surface area contributed by atoms with Gasteiger partial charge in [0.25, 0.3) is 5.91 Å². The van der Waals surface area contributed by atoms with E-state index >= 15 is 0 Å². The largest absolute Gasteiger partial charge is 0.421 e. The van der Waals surface area contributed by atoms with Crippen molar-refractivity contribution in [3.05, 3.63) is 70.1 Å². The molecule has 1 aliphatic rings. The van der Waals surface area contributed by atoms with E-state index in [1.54, 1.807) is 24.3 Å². The van der Waals surface area contributed by atoms with Crippen molar-refractivity contribution in [1.82, 2.24) is 0 Å². The Kier molecular flexibility index (Phi) is 5.71. The van der Waals surface area contributed by atoms with Gasteiger partial charge in [0.05, 0.1) is 16.8 Å². The Morgan fingerprint density at radius 2 is 1.61 bits per heavy atom. The maximum absolute atomic E-state index is 13.4. The molecule has 2 N–H and O–H groups in total. The summed E-state index contributed by atoms with van der Waals surface area (Å²) < 4.78 is 45.4. The van der Waals surface area contributed by atoms with Gasteiger partial charge in [0.1, 0.15) is 5.58 Å². The Bertz CT molecular complexity index is 1160. The second-order valence-electron chi connectivity index (χ2n) is 7.61. The molecular formula is C23H21F3N2O3. The molecule has 0 aliphatic heterocycles. The van der Waals surface area contributed by atoms with Gasteiger partial charge in [-0.15, -0.1) is 0 Å². The van der Waals surface area contributed by atoms with Crippen molar-refractivity contribution in [3.63, 3.8) is 0 Å². The standard InChI is InChI=1S/C23H21F3N2O3/c24-23(25,26)17-12-6-4-10-15(17)21(29)28-20-19(27-14-8-2-1-3-9-14)16-11-5-7-13-18(16)31-22(20)30/h4-7,10-14,27H,1-3,8-9H2,(H,28,29). The van der Waals surface area contributed by atoms with E-state index in [9.17, 15) is 22.8 Å². The summed E-state index contributed by atoms with van der Waals surface area (Å²) in [6.45, 7) is 0. The maximum Gasteiger partial charge on any atom is 0.417 e. The average molecular weight is 430 g/mol. The third-order valence-corrected chi connectivity index (χ3v) is 5.48. The Balaban J connectivity index is 1.77. The first kappa shape index (κ1) is 21.0. The fraction of sp³-hybridized carbons (Fsp3) is 0.304.